The van der Waals surface area contributed by atoms with E-state index < -0.39 is 5.97 Å². The van der Waals surface area contributed by atoms with Crippen LogP contribution in [0.3, 0.4) is 0 Å². The average molecular weight is 273 g/mol. The van der Waals surface area contributed by atoms with E-state index in [0.717, 1.165) is 31.7 Å². The molecule has 1 amide bonds. The number of carbonyl (C=O) groups is 2. The van der Waals surface area contributed by atoms with Gasteiger partial charge in [-0.05, 0) is 31.4 Å². The molecule has 1 rings (SSSR count). The van der Waals surface area contributed by atoms with Crippen LogP contribution < -0.4 is 0 Å². The maximum atomic E-state index is 12.2. The van der Waals surface area contributed by atoms with Crippen LogP contribution in [-0.4, -0.2) is 47.0 Å². The third kappa shape index (κ3) is 4.88. The number of nitrogens with zero attached hydrogens (tertiary/aromatic N) is 1. The third-order valence-corrected chi connectivity index (χ3v) is 4.27. The third-order valence-electron chi connectivity index (χ3n) is 3.44. The van der Waals surface area contributed by atoms with Gasteiger partial charge in [-0.1, -0.05) is 6.92 Å². The zero-order chi connectivity index (χ0) is 13.5. The molecule has 104 valence electrons. The molecule has 0 aromatic rings. The molecule has 0 spiro atoms. The molecule has 1 aliphatic rings. The summed E-state index contributed by atoms with van der Waals surface area (Å²) in [5.74, 6) is 0.770. The number of piperidine rings is 1. The molecule has 0 unspecified atom stereocenters. The van der Waals surface area contributed by atoms with Crippen LogP contribution in [-0.2, 0) is 9.59 Å². The molecule has 2 atom stereocenters. The molecule has 18 heavy (non-hydrogen) atoms. The summed E-state index contributed by atoms with van der Waals surface area (Å²) >= 11 is 1.69. The lowest BCUT2D eigenvalue weighted by Crippen LogP contribution is -2.43. The van der Waals surface area contributed by atoms with Gasteiger partial charge in [0, 0.05) is 31.2 Å². The van der Waals surface area contributed by atoms with Crippen molar-refractivity contribution in [2.24, 2.45) is 11.8 Å². The monoisotopic (exact) mass is 273 g/mol. The van der Waals surface area contributed by atoms with Crippen LogP contribution in [0.4, 0.5) is 0 Å². The van der Waals surface area contributed by atoms with Gasteiger partial charge in [-0.25, -0.2) is 0 Å². The Morgan fingerprint density at radius 1 is 1.50 bits per heavy atom. The lowest BCUT2D eigenvalue weighted by atomic mass is 9.93. The fraction of sp³-hybridized carbons (Fsp3) is 0.846. The number of aliphatic carboxylic acids is 1. The predicted molar refractivity (Wildman–Crippen MR) is 73.7 cm³/mol. The molecule has 1 aliphatic heterocycles. The van der Waals surface area contributed by atoms with Gasteiger partial charge in [-0.2, -0.15) is 11.8 Å². The Labute approximate surface area is 113 Å². The van der Waals surface area contributed by atoms with Gasteiger partial charge in [0.1, 0.15) is 0 Å². The van der Waals surface area contributed by atoms with Gasteiger partial charge in [0.15, 0.2) is 0 Å². The Hall–Kier alpha value is -0.710. The molecule has 5 heteroatoms. The summed E-state index contributed by atoms with van der Waals surface area (Å²) in [5.41, 5.74) is 0. The largest absolute Gasteiger partial charge is 0.481 e. The molecule has 1 N–H and O–H groups in total. The lowest BCUT2D eigenvalue weighted by Gasteiger charge is -2.34. The lowest BCUT2D eigenvalue weighted by molar-refractivity contribution is -0.137. The van der Waals surface area contributed by atoms with Gasteiger partial charge in [-0.15, -0.1) is 0 Å². The Balaban J connectivity index is 2.42. The van der Waals surface area contributed by atoms with E-state index in [0.29, 0.717) is 12.3 Å². The van der Waals surface area contributed by atoms with Crippen molar-refractivity contribution >= 4 is 23.6 Å². The second-order valence-corrected chi connectivity index (χ2v) is 5.99. The predicted octanol–water partition coefficient (Wildman–Crippen LogP) is 2.09. The van der Waals surface area contributed by atoms with E-state index in [4.69, 9.17) is 5.11 Å². The number of likely N-dealkylation sites (tertiary alicyclic amines) is 1. The maximum Gasteiger partial charge on any atom is 0.303 e. The standard InChI is InChI=1S/C13H23NO3S/c1-10(9-18-2)13(17)14-7-3-4-11(8-14)5-6-12(15)16/h10-11H,3-9H2,1-2H3,(H,15,16)/t10-,11-/m1/s1. The first kappa shape index (κ1) is 15.3. The van der Waals surface area contributed by atoms with E-state index in [1.165, 1.54) is 0 Å². The Morgan fingerprint density at radius 2 is 2.22 bits per heavy atom. The fourth-order valence-electron chi connectivity index (χ4n) is 2.46. The van der Waals surface area contributed by atoms with E-state index in [2.05, 4.69) is 0 Å². The summed E-state index contributed by atoms with van der Waals surface area (Å²) in [5, 5.41) is 8.69. The second-order valence-electron chi connectivity index (χ2n) is 5.08. The van der Waals surface area contributed by atoms with Gasteiger partial charge in [0.05, 0.1) is 0 Å². The molecule has 0 radical (unpaired) electrons. The van der Waals surface area contributed by atoms with Crippen LogP contribution in [0.2, 0.25) is 0 Å². The van der Waals surface area contributed by atoms with Crippen LogP contribution in [0.15, 0.2) is 0 Å². The summed E-state index contributed by atoms with van der Waals surface area (Å²) in [6.07, 6.45) is 4.97. The summed E-state index contributed by atoms with van der Waals surface area (Å²) in [7, 11) is 0. The first-order valence-corrected chi connectivity index (χ1v) is 7.93. The van der Waals surface area contributed by atoms with E-state index in [1.807, 2.05) is 18.1 Å². The normalized spacial score (nSPS) is 21.7. The Morgan fingerprint density at radius 3 is 2.83 bits per heavy atom. The Kier molecular flexibility index (Phi) is 6.54. The quantitative estimate of drug-likeness (QED) is 0.805. The van der Waals surface area contributed by atoms with Gasteiger partial charge < -0.3 is 10.0 Å². The molecular weight excluding hydrogens is 250 g/mol. The van der Waals surface area contributed by atoms with Crippen molar-refractivity contribution in [1.82, 2.24) is 4.90 Å². The minimum absolute atomic E-state index is 0.0678. The number of amides is 1. The molecule has 0 saturated carbocycles. The summed E-state index contributed by atoms with van der Waals surface area (Å²) < 4.78 is 0. The highest BCUT2D eigenvalue weighted by Crippen LogP contribution is 2.22. The zero-order valence-electron chi connectivity index (χ0n) is 11.2. The minimum atomic E-state index is -0.741. The number of hydrogen-bond acceptors (Lipinski definition) is 3. The topological polar surface area (TPSA) is 57.6 Å². The average Bonchev–Trinajstić information content (AvgIpc) is 2.36. The van der Waals surface area contributed by atoms with E-state index in [-0.39, 0.29) is 18.2 Å². The number of carbonyl (C=O) groups excluding carboxylic acids is 1. The van der Waals surface area contributed by atoms with Crippen molar-refractivity contribution in [1.29, 1.82) is 0 Å². The molecule has 0 bridgehead atoms. The van der Waals surface area contributed by atoms with Crippen LogP contribution >= 0.6 is 11.8 Å². The minimum Gasteiger partial charge on any atom is -0.481 e. The van der Waals surface area contributed by atoms with E-state index >= 15 is 0 Å². The van der Waals surface area contributed by atoms with Crippen molar-refractivity contribution in [2.75, 3.05) is 25.1 Å². The summed E-state index contributed by atoms with van der Waals surface area (Å²) in [4.78, 5) is 24.7. The highest BCUT2D eigenvalue weighted by Gasteiger charge is 2.26. The van der Waals surface area contributed by atoms with Crippen molar-refractivity contribution in [3.63, 3.8) is 0 Å². The number of rotatable bonds is 6. The van der Waals surface area contributed by atoms with Crippen LogP contribution in [0.5, 0.6) is 0 Å². The van der Waals surface area contributed by atoms with Gasteiger partial charge in [0.2, 0.25) is 5.91 Å². The number of thioether (sulfide) groups is 1. The van der Waals surface area contributed by atoms with Crippen molar-refractivity contribution in [3.8, 4) is 0 Å². The molecule has 1 heterocycles. The maximum absolute atomic E-state index is 12.2. The fourth-order valence-corrected chi connectivity index (χ4v) is 3.10. The highest BCUT2D eigenvalue weighted by molar-refractivity contribution is 7.98. The molecule has 0 aromatic carbocycles. The van der Waals surface area contributed by atoms with Gasteiger partial charge in [-0.3, -0.25) is 9.59 Å². The van der Waals surface area contributed by atoms with Crippen molar-refractivity contribution < 1.29 is 14.7 Å². The molecule has 1 fully saturated rings. The molecule has 1 saturated heterocycles. The van der Waals surface area contributed by atoms with Crippen molar-refractivity contribution in [2.45, 2.75) is 32.6 Å². The van der Waals surface area contributed by atoms with Gasteiger partial charge in [0.25, 0.3) is 0 Å². The summed E-state index contributed by atoms with van der Waals surface area (Å²) in [6, 6.07) is 0. The zero-order valence-corrected chi connectivity index (χ0v) is 12.0. The second kappa shape index (κ2) is 7.67. The van der Waals surface area contributed by atoms with E-state index in [9.17, 15) is 9.59 Å². The Bertz CT molecular complexity index is 296. The summed E-state index contributed by atoms with van der Waals surface area (Å²) in [6.45, 7) is 3.55. The first-order valence-electron chi connectivity index (χ1n) is 6.54. The van der Waals surface area contributed by atoms with E-state index in [1.54, 1.807) is 11.8 Å². The smallest absolute Gasteiger partial charge is 0.303 e. The molecule has 0 aromatic heterocycles. The molecular formula is C13H23NO3S. The first-order chi connectivity index (χ1) is 8.54. The van der Waals surface area contributed by atoms with Crippen LogP contribution in [0.25, 0.3) is 0 Å². The molecule has 0 aliphatic carbocycles. The van der Waals surface area contributed by atoms with Crippen molar-refractivity contribution in [3.05, 3.63) is 0 Å². The van der Waals surface area contributed by atoms with Crippen LogP contribution in [0, 0.1) is 11.8 Å². The number of carboxylic acids is 1. The molecule has 4 nitrogen and oxygen atoms in total. The van der Waals surface area contributed by atoms with Gasteiger partial charge >= 0.3 is 5.97 Å². The number of carboxylic acid groups (broad SMARTS) is 1. The highest BCUT2D eigenvalue weighted by atomic mass is 32.2. The number of hydrogen-bond donors (Lipinski definition) is 1. The van der Waals surface area contributed by atoms with Crippen LogP contribution in [0.1, 0.15) is 32.6 Å². The SMILES string of the molecule is CSC[C@@H](C)C(=O)N1CCC[C@H](CCC(=O)O)C1.